The van der Waals surface area contributed by atoms with Gasteiger partial charge < -0.3 is 10.1 Å². The highest BCUT2D eigenvalue weighted by molar-refractivity contribution is 5.90. The average molecular weight is 288 g/mol. The number of esters is 1. The summed E-state index contributed by atoms with van der Waals surface area (Å²) < 4.78 is 17.6. The number of benzene rings is 1. The predicted molar refractivity (Wildman–Crippen MR) is 72.8 cm³/mol. The van der Waals surface area contributed by atoms with Gasteiger partial charge in [-0.05, 0) is 29.8 Å². The molecule has 1 aromatic heterocycles. The van der Waals surface area contributed by atoms with E-state index in [9.17, 15) is 14.0 Å². The van der Waals surface area contributed by atoms with Gasteiger partial charge in [0.25, 0.3) is 5.91 Å². The van der Waals surface area contributed by atoms with Crippen molar-refractivity contribution in [1.29, 1.82) is 0 Å². The van der Waals surface area contributed by atoms with Gasteiger partial charge in [-0.2, -0.15) is 0 Å². The summed E-state index contributed by atoms with van der Waals surface area (Å²) in [7, 11) is 0. The van der Waals surface area contributed by atoms with Crippen LogP contribution >= 0.6 is 0 Å². The van der Waals surface area contributed by atoms with Gasteiger partial charge in [0.05, 0.1) is 5.56 Å². The standard InChI is InChI=1S/C15H13FN2O3/c16-13-5-3-11(4-6-13)8-18-14(19)10-21-15(20)12-2-1-7-17-9-12/h1-7,9H,8,10H2,(H,18,19). The Kier molecular flexibility index (Phi) is 4.98. The number of hydrogen-bond acceptors (Lipinski definition) is 4. The van der Waals surface area contributed by atoms with E-state index in [4.69, 9.17) is 4.74 Å². The van der Waals surface area contributed by atoms with E-state index < -0.39 is 11.9 Å². The van der Waals surface area contributed by atoms with Gasteiger partial charge in [-0.25, -0.2) is 9.18 Å². The predicted octanol–water partition coefficient (Wildman–Crippen LogP) is 1.69. The average Bonchev–Trinajstić information content (AvgIpc) is 2.53. The van der Waals surface area contributed by atoms with E-state index in [1.165, 1.54) is 24.5 Å². The quantitative estimate of drug-likeness (QED) is 0.850. The number of rotatable bonds is 5. The molecule has 0 radical (unpaired) electrons. The van der Waals surface area contributed by atoms with Crippen LogP contribution in [0.5, 0.6) is 0 Å². The second-order valence-corrected chi connectivity index (χ2v) is 4.22. The number of carbonyl (C=O) groups is 2. The third-order valence-electron chi connectivity index (χ3n) is 2.63. The minimum atomic E-state index is -0.611. The fraction of sp³-hybridized carbons (Fsp3) is 0.133. The smallest absolute Gasteiger partial charge is 0.340 e. The van der Waals surface area contributed by atoms with Crippen LogP contribution < -0.4 is 5.32 Å². The third kappa shape index (κ3) is 4.68. The van der Waals surface area contributed by atoms with Crippen LogP contribution in [0.1, 0.15) is 15.9 Å². The summed E-state index contributed by atoms with van der Waals surface area (Å²) in [5.74, 6) is -1.38. The molecule has 1 N–H and O–H groups in total. The minimum absolute atomic E-state index is 0.240. The Morgan fingerprint density at radius 2 is 1.95 bits per heavy atom. The molecule has 21 heavy (non-hydrogen) atoms. The summed E-state index contributed by atoms with van der Waals surface area (Å²) in [5, 5.41) is 2.57. The molecule has 0 aliphatic rings. The lowest BCUT2D eigenvalue weighted by Gasteiger charge is -2.06. The molecule has 1 aromatic carbocycles. The molecule has 5 nitrogen and oxygen atoms in total. The van der Waals surface area contributed by atoms with Crippen LogP contribution in [0.4, 0.5) is 4.39 Å². The fourth-order valence-corrected chi connectivity index (χ4v) is 1.55. The SMILES string of the molecule is O=C(COC(=O)c1cccnc1)NCc1ccc(F)cc1. The zero-order chi connectivity index (χ0) is 15.1. The molecule has 0 atom stereocenters. The summed E-state index contributed by atoms with van der Waals surface area (Å²) in [5.41, 5.74) is 1.03. The Morgan fingerprint density at radius 3 is 2.62 bits per heavy atom. The topological polar surface area (TPSA) is 68.3 Å². The number of ether oxygens (including phenoxy) is 1. The van der Waals surface area contributed by atoms with Crippen molar-refractivity contribution >= 4 is 11.9 Å². The largest absolute Gasteiger partial charge is 0.452 e. The monoisotopic (exact) mass is 288 g/mol. The summed E-state index contributed by atoms with van der Waals surface area (Å²) in [4.78, 5) is 26.9. The van der Waals surface area contributed by atoms with Crippen molar-refractivity contribution in [3.63, 3.8) is 0 Å². The van der Waals surface area contributed by atoms with Crippen molar-refractivity contribution < 1.29 is 18.7 Å². The molecule has 0 saturated heterocycles. The Morgan fingerprint density at radius 1 is 1.19 bits per heavy atom. The lowest BCUT2D eigenvalue weighted by molar-refractivity contribution is -0.124. The molecule has 0 aliphatic carbocycles. The van der Waals surface area contributed by atoms with E-state index >= 15 is 0 Å². The normalized spacial score (nSPS) is 9.95. The second-order valence-electron chi connectivity index (χ2n) is 4.22. The molecule has 0 spiro atoms. The van der Waals surface area contributed by atoms with Crippen LogP contribution in [-0.4, -0.2) is 23.5 Å². The molecule has 6 heteroatoms. The first kappa shape index (κ1) is 14.6. The van der Waals surface area contributed by atoms with Gasteiger partial charge in [0.2, 0.25) is 0 Å². The Balaban J connectivity index is 1.75. The summed E-state index contributed by atoms with van der Waals surface area (Å²) in [6.07, 6.45) is 2.89. The number of nitrogens with one attached hydrogen (secondary N) is 1. The number of amides is 1. The van der Waals surface area contributed by atoms with Crippen LogP contribution in [-0.2, 0) is 16.1 Å². The maximum absolute atomic E-state index is 12.7. The first-order valence-corrected chi connectivity index (χ1v) is 6.23. The highest BCUT2D eigenvalue weighted by atomic mass is 19.1. The fourth-order valence-electron chi connectivity index (χ4n) is 1.55. The van der Waals surface area contributed by atoms with Crippen molar-refractivity contribution in [3.8, 4) is 0 Å². The molecule has 0 saturated carbocycles. The zero-order valence-electron chi connectivity index (χ0n) is 11.1. The summed E-state index contributed by atoms with van der Waals surface area (Å²) in [6.45, 7) is -0.140. The molecule has 1 amide bonds. The Hall–Kier alpha value is -2.76. The van der Waals surface area contributed by atoms with E-state index in [1.54, 1.807) is 24.3 Å². The second kappa shape index (κ2) is 7.14. The lowest BCUT2D eigenvalue weighted by atomic mass is 10.2. The van der Waals surface area contributed by atoms with E-state index in [0.29, 0.717) is 0 Å². The Labute approximate surface area is 120 Å². The molecular formula is C15H13FN2O3. The van der Waals surface area contributed by atoms with Gasteiger partial charge >= 0.3 is 5.97 Å². The van der Waals surface area contributed by atoms with Crippen molar-refractivity contribution in [1.82, 2.24) is 10.3 Å². The van der Waals surface area contributed by atoms with Gasteiger partial charge in [-0.3, -0.25) is 9.78 Å². The molecule has 0 fully saturated rings. The maximum Gasteiger partial charge on any atom is 0.340 e. The molecule has 2 rings (SSSR count). The molecule has 0 bridgehead atoms. The number of hydrogen-bond donors (Lipinski definition) is 1. The molecular weight excluding hydrogens is 275 g/mol. The van der Waals surface area contributed by atoms with E-state index in [0.717, 1.165) is 5.56 Å². The van der Waals surface area contributed by atoms with E-state index in [2.05, 4.69) is 10.3 Å². The van der Waals surface area contributed by atoms with Crippen LogP contribution in [0.15, 0.2) is 48.8 Å². The highest BCUT2D eigenvalue weighted by Gasteiger charge is 2.09. The van der Waals surface area contributed by atoms with Gasteiger partial charge in [-0.15, -0.1) is 0 Å². The Bertz CT molecular complexity index is 615. The highest BCUT2D eigenvalue weighted by Crippen LogP contribution is 2.02. The van der Waals surface area contributed by atoms with Gasteiger partial charge in [0, 0.05) is 18.9 Å². The van der Waals surface area contributed by atoms with Crippen molar-refractivity contribution in [3.05, 3.63) is 65.7 Å². The van der Waals surface area contributed by atoms with Crippen molar-refractivity contribution in [2.24, 2.45) is 0 Å². The van der Waals surface area contributed by atoms with Crippen molar-refractivity contribution in [2.45, 2.75) is 6.54 Å². The maximum atomic E-state index is 12.7. The number of halogens is 1. The number of carbonyl (C=O) groups excluding carboxylic acids is 2. The molecule has 0 unspecified atom stereocenters. The van der Waals surface area contributed by atoms with Crippen LogP contribution in [0.25, 0.3) is 0 Å². The van der Waals surface area contributed by atoms with Crippen molar-refractivity contribution in [2.75, 3.05) is 6.61 Å². The van der Waals surface area contributed by atoms with Gasteiger partial charge in [0.1, 0.15) is 5.82 Å². The third-order valence-corrected chi connectivity index (χ3v) is 2.63. The molecule has 0 aliphatic heterocycles. The molecule has 1 heterocycles. The minimum Gasteiger partial charge on any atom is -0.452 e. The van der Waals surface area contributed by atoms with Gasteiger partial charge in [-0.1, -0.05) is 12.1 Å². The molecule has 2 aromatic rings. The number of aromatic nitrogens is 1. The zero-order valence-corrected chi connectivity index (χ0v) is 11.1. The van der Waals surface area contributed by atoms with Crippen LogP contribution in [0, 0.1) is 5.82 Å². The first-order valence-electron chi connectivity index (χ1n) is 6.23. The lowest BCUT2D eigenvalue weighted by Crippen LogP contribution is -2.28. The van der Waals surface area contributed by atoms with E-state index in [1.807, 2.05) is 0 Å². The molecule has 108 valence electrons. The van der Waals surface area contributed by atoms with Crippen LogP contribution in [0.3, 0.4) is 0 Å². The van der Waals surface area contributed by atoms with Gasteiger partial charge in [0.15, 0.2) is 6.61 Å². The summed E-state index contributed by atoms with van der Waals surface area (Å²) >= 11 is 0. The summed E-state index contributed by atoms with van der Waals surface area (Å²) in [6, 6.07) is 8.90. The number of pyridine rings is 1. The first-order chi connectivity index (χ1) is 10.1. The van der Waals surface area contributed by atoms with E-state index in [-0.39, 0.29) is 24.5 Å². The number of nitrogens with zero attached hydrogens (tertiary/aromatic N) is 1. The van der Waals surface area contributed by atoms with Crippen LogP contribution in [0.2, 0.25) is 0 Å².